The van der Waals surface area contributed by atoms with Crippen molar-refractivity contribution in [1.82, 2.24) is 24.1 Å². The average Bonchev–Trinajstić information content (AvgIpc) is 3.06. The molecule has 0 saturated heterocycles. The molecule has 0 aliphatic carbocycles. The number of hydrogen-bond acceptors (Lipinski definition) is 4. The quantitative estimate of drug-likeness (QED) is 0.722. The number of imidazole rings is 2. The van der Waals surface area contributed by atoms with Gasteiger partial charge in [0.15, 0.2) is 5.82 Å². The Balaban J connectivity index is 2.22. The average molecular weight is 357 g/mol. The molecule has 0 aromatic carbocycles. The second-order valence-electron chi connectivity index (χ2n) is 5.19. The molecule has 6 nitrogen and oxygen atoms in total. The number of alkyl halides is 3. The minimum Gasteiger partial charge on any atom is -0.326 e. The first kappa shape index (κ1) is 16.6. The summed E-state index contributed by atoms with van der Waals surface area (Å²) in [6, 6.07) is 0.901. The van der Waals surface area contributed by atoms with E-state index in [9.17, 15) is 17.4 Å². The topological polar surface area (TPSA) is 65.6 Å². The molecular weight excluding hydrogens is 343 g/mol. The summed E-state index contributed by atoms with van der Waals surface area (Å²) >= 11 is 0. The highest BCUT2D eigenvalue weighted by Gasteiger charge is 2.33. The minimum atomic E-state index is -4.54. The maximum absolute atomic E-state index is 12.8. The van der Waals surface area contributed by atoms with E-state index in [1.54, 1.807) is 30.2 Å². The number of fused-ring (bicyclic) bond motifs is 1. The van der Waals surface area contributed by atoms with E-state index in [0.29, 0.717) is 27.8 Å². The van der Waals surface area contributed by atoms with E-state index >= 15 is 0 Å². The van der Waals surface area contributed by atoms with Crippen LogP contribution in [0.25, 0.3) is 22.6 Å². The third kappa shape index (κ3) is 2.60. The zero-order valence-electron chi connectivity index (χ0n) is 13.1. The van der Waals surface area contributed by atoms with Crippen molar-refractivity contribution in [2.45, 2.75) is 18.1 Å². The van der Waals surface area contributed by atoms with Gasteiger partial charge in [0.25, 0.3) is 0 Å². The van der Waals surface area contributed by atoms with Crippen molar-refractivity contribution in [1.29, 1.82) is 0 Å². The fraction of sp³-hybridized carbons (Fsp3) is 0.357. The molecule has 10 heteroatoms. The first-order valence-corrected chi connectivity index (χ1v) is 8.35. The summed E-state index contributed by atoms with van der Waals surface area (Å²) in [4.78, 5) is 11.9. The second kappa shape index (κ2) is 5.69. The molecule has 0 fully saturated rings. The molecule has 3 rings (SSSR count). The fourth-order valence-corrected chi connectivity index (χ4v) is 3.43. The first-order chi connectivity index (χ1) is 11.2. The summed E-state index contributed by atoms with van der Waals surface area (Å²) in [7, 11) is 2.09. The molecule has 24 heavy (non-hydrogen) atoms. The zero-order chi connectivity index (χ0) is 17.6. The number of hydrogen-bond donors (Lipinski definition) is 0. The van der Waals surface area contributed by atoms with Crippen molar-refractivity contribution in [2.24, 2.45) is 14.1 Å². The SMILES string of the molecule is CCS(=O)c1c(-c2nc3cc(C(F)(F)F)ncc3n2C)ncn1C. The number of aryl methyl sites for hydroxylation is 2. The van der Waals surface area contributed by atoms with Gasteiger partial charge in [-0.3, -0.25) is 4.21 Å². The van der Waals surface area contributed by atoms with Crippen LogP contribution in [0, 0.1) is 0 Å². The van der Waals surface area contributed by atoms with Gasteiger partial charge in [0.2, 0.25) is 0 Å². The van der Waals surface area contributed by atoms with E-state index in [0.717, 1.165) is 12.3 Å². The molecular formula is C14H14F3N5OS. The summed E-state index contributed by atoms with van der Waals surface area (Å²) in [6.45, 7) is 1.78. The van der Waals surface area contributed by atoms with Crippen LogP contribution >= 0.6 is 0 Å². The van der Waals surface area contributed by atoms with E-state index in [2.05, 4.69) is 15.0 Å². The molecule has 0 aliphatic heterocycles. The lowest BCUT2D eigenvalue weighted by molar-refractivity contribution is -0.141. The third-order valence-electron chi connectivity index (χ3n) is 3.63. The van der Waals surface area contributed by atoms with Crippen LogP contribution in [0.2, 0.25) is 0 Å². The van der Waals surface area contributed by atoms with E-state index in [1.807, 2.05) is 0 Å². The smallest absolute Gasteiger partial charge is 0.326 e. The standard InChI is InChI=1S/C14H14F3N5OS/c1-4-24(23)13-11(19-7-21(13)2)12-20-8-5-10(14(15,16)17)18-6-9(8)22(12)3/h5-7H,4H2,1-3H3. The van der Waals surface area contributed by atoms with Crippen LogP contribution < -0.4 is 0 Å². The van der Waals surface area contributed by atoms with Gasteiger partial charge in [-0.05, 0) is 6.07 Å². The first-order valence-electron chi connectivity index (χ1n) is 7.03. The third-order valence-corrected chi connectivity index (χ3v) is 5.07. The second-order valence-corrected chi connectivity index (χ2v) is 6.85. The van der Waals surface area contributed by atoms with Gasteiger partial charge >= 0.3 is 6.18 Å². The van der Waals surface area contributed by atoms with Crippen molar-refractivity contribution >= 4 is 21.8 Å². The Kier molecular flexibility index (Phi) is 3.94. The van der Waals surface area contributed by atoms with Gasteiger partial charge in [-0.15, -0.1) is 0 Å². The predicted molar refractivity (Wildman–Crippen MR) is 82.7 cm³/mol. The molecule has 0 saturated carbocycles. The zero-order valence-corrected chi connectivity index (χ0v) is 13.9. The van der Waals surface area contributed by atoms with E-state index in [-0.39, 0.29) is 5.52 Å². The Bertz CT molecular complexity index is 944. The molecule has 0 N–H and O–H groups in total. The summed E-state index contributed by atoms with van der Waals surface area (Å²) in [5.41, 5.74) is -0.00596. The molecule has 3 heterocycles. The Morgan fingerprint density at radius 3 is 2.58 bits per heavy atom. The van der Waals surface area contributed by atoms with Crippen molar-refractivity contribution in [3.8, 4) is 11.5 Å². The van der Waals surface area contributed by atoms with Crippen molar-refractivity contribution in [3.05, 3.63) is 24.3 Å². The molecule has 0 bridgehead atoms. The Morgan fingerprint density at radius 1 is 1.25 bits per heavy atom. The molecule has 0 aliphatic rings. The van der Waals surface area contributed by atoms with Gasteiger partial charge in [-0.2, -0.15) is 13.2 Å². The van der Waals surface area contributed by atoms with Crippen LogP contribution in [0.3, 0.4) is 0 Å². The summed E-state index contributed by atoms with van der Waals surface area (Å²) in [6.07, 6.45) is -1.89. The number of halogens is 3. The van der Waals surface area contributed by atoms with Gasteiger partial charge in [0.05, 0.1) is 34.4 Å². The van der Waals surface area contributed by atoms with Gasteiger partial charge in [-0.25, -0.2) is 15.0 Å². The number of rotatable bonds is 3. The normalized spacial score (nSPS) is 13.6. The lowest BCUT2D eigenvalue weighted by Crippen LogP contribution is -2.07. The van der Waals surface area contributed by atoms with E-state index < -0.39 is 22.7 Å². The monoisotopic (exact) mass is 357 g/mol. The number of pyridine rings is 1. The highest BCUT2D eigenvalue weighted by Crippen LogP contribution is 2.31. The van der Waals surface area contributed by atoms with Crippen LogP contribution in [0.15, 0.2) is 23.6 Å². The van der Waals surface area contributed by atoms with E-state index in [4.69, 9.17) is 0 Å². The molecule has 3 aromatic rings. The van der Waals surface area contributed by atoms with Crippen LogP contribution in [0.4, 0.5) is 13.2 Å². The molecule has 1 atom stereocenters. The molecule has 128 valence electrons. The summed E-state index contributed by atoms with van der Waals surface area (Å²) < 4.78 is 53.9. The lowest BCUT2D eigenvalue weighted by Gasteiger charge is -2.05. The fourth-order valence-electron chi connectivity index (χ4n) is 2.43. The maximum atomic E-state index is 12.8. The molecule has 0 amide bonds. The summed E-state index contributed by atoms with van der Waals surface area (Å²) in [5, 5.41) is 0.486. The highest BCUT2D eigenvalue weighted by atomic mass is 32.2. The van der Waals surface area contributed by atoms with Gasteiger partial charge in [0.1, 0.15) is 16.4 Å². The molecule has 0 radical (unpaired) electrons. The van der Waals surface area contributed by atoms with Crippen molar-refractivity contribution < 1.29 is 17.4 Å². The van der Waals surface area contributed by atoms with Crippen LogP contribution in [0.1, 0.15) is 12.6 Å². The summed E-state index contributed by atoms with van der Waals surface area (Å²) in [5.74, 6) is 0.750. The maximum Gasteiger partial charge on any atom is 0.433 e. The van der Waals surface area contributed by atoms with Gasteiger partial charge < -0.3 is 9.13 Å². The van der Waals surface area contributed by atoms with Crippen LogP contribution in [-0.4, -0.2) is 34.0 Å². The van der Waals surface area contributed by atoms with Crippen molar-refractivity contribution in [2.75, 3.05) is 5.75 Å². The molecule has 1 unspecified atom stereocenters. The Labute approximate surface area is 137 Å². The van der Waals surface area contributed by atoms with Crippen molar-refractivity contribution in [3.63, 3.8) is 0 Å². The Morgan fingerprint density at radius 2 is 1.96 bits per heavy atom. The van der Waals surface area contributed by atoms with E-state index in [1.165, 1.54) is 6.33 Å². The number of nitrogens with zero attached hydrogens (tertiary/aromatic N) is 5. The van der Waals surface area contributed by atoms with Crippen LogP contribution in [0.5, 0.6) is 0 Å². The van der Waals surface area contributed by atoms with Crippen LogP contribution in [-0.2, 0) is 31.1 Å². The van der Waals surface area contributed by atoms with Gasteiger partial charge in [-0.1, -0.05) is 6.92 Å². The highest BCUT2D eigenvalue weighted by molar-refractivity contribution is 7.85. The minimum absolute atomic E-state index is 0.161. The molecule has 3 aromatic heterocycles. The molecule has 0 spiro atoms. The lowest BCUT2D eigenvalue weighted by atomic mass is 10.3. The van der Waals surface area contributed by atoms with Gasteiger partial charge in [0, 0.05) is 19.8 Å². The Hall–Kier alpha value is -2.23. The number of aromatic nitrogens is 5. The largest absolute Gasteiger partial charge is 0.433 e. The predicted octanol–water partition coefficient (Wildman–Crippen LogP) is 2.52.